The zero-order valence-electron chi connectivity index (χ0n) is 21.0. The van der Waals surface area contributed by atoms with Gasteiger partial charge in [0.05, 0.1) is 39.1 Å². The number of β-amino-alcohol motifs (C(OH)–C–C–N with tert-alkyl or cyclic N) is 1. The highest BCUT2D eigenvalue weighted by Gasteiger charge is 2.51. The van der Waals surface area contributed by atoms with Crippen LogP contribution in [0.2, 0.25) is 0 Å². The van der Waals surface area contributed by atoms with E-state index in [1.54, 1.807) is 24.3 Å². The molecule has 209 valence electrons. The maximum absolute atomic E-state index is 14.9. The van der Waals surface area contributed by atoms with Crippen LogP contribution in [0.1, 0.15) is 27.2 Å². The van der Waals surface area contributed by atoms with Gasteiger partial charge in [-0.1, -0.05) is 24.3 Å². The number of hydrogen-bond acceptors (Lipinski definition) is 10. The van der Waals surface area contributed by atoms with Crippen LogP contribution in [0.4, 0.5) is 15.8 Å². The predicted molar refractivity (Wildman–Crippen MR) is 141 cm³/mol. The molecule has 0 aliphatic carbocycles. The minimum absolute atomic E-state index is 0.130. The molecule has 5 rings (SSSR count). The molecule has 0 bridgehead atoms. The predicted octanol–water partition coefficient (Wildman–Crippen LogP) is 2.41. The Kier molecular flexibility index (Phi) is 7.00. The van der Waals surface area contributed by atoms with Crippen LogP contribution < -0.4 is 10.6 Å². The fourth-order valence-corrected chi connectivity index (χ4v) is 4.85. The van der Waals surface area contributed by atoms with Crippen molar-refractivity contribution in [2.45, 2.75) is 12.1 Å². The Morgan fingerprint density at radius 1 is 1.10 bits per heavy atom. The number of aliphatic hydroxyl groups is 1. The van der Waals surface area contributed by atoms with Crippen LogP contribution in [0.5, 0.6) is 0 Å². The molecule has 2 N–H and O–H groups in total. The van der Waals surface area contributed by atoms with Crippen molar-refractivity contribution in [2.75, 3.05) is 19.6 Å². The van der Waals surface area contributed by atoms with Gasteiger partial charge in [-0.2, -0.15) is 10.2 Å². The lowest BCUT2D eigenvalue weighted by molar-refractivity contribution is -0.395. The molecule has 0 spiro atoms. The summed E-state index contributed by atoms with van der Waals surface area (Å²) in [5, 5.41) is 54.4. The van der Waals surface area contributed by atoms with Gasteiger partial charge in [0.1, 0.15) is 24.5 Å². The Balaban J connectivity index is 1.46. The van der Waals surface area contributed by atoms with Gasteiger partial charge in [0, 0.05) is 17.9 Å². The molecule has 1 saturated heterocycles. The van der Waals surface area contributed by atoms with Gasteiger partial charge < -0.3 is 15.2 Å². The lowest BCUT2D eigenvalue weighted by atomic mass is 9.96. The first-order valence-electron chi connectivity index (χ1n) is 12.1. The third kappa shape index (κ3) is 5.00. The number of non-ortho nitro benzene ring substituents is 1. The molecule has 1 atom stereocenters. The quantitative estimate of drug-likeness (QED) is 0.153. The van der Waals surface area contributed by atoms with E-state index in [0.29, 0.717) is 28.1 Å². The zero-order chi connectivity index (χ0) is 29.5. The summed E-state index contributed by atoms with van der Waals surface area (Å²) in [6.07, 6.45) is 0.130. The lowest BCUT2D eigenvalue weighted by Crippen LogP contribution is -2.62. The lowest BCUT2D eigenvalue weighted by Gasteiger charge is -2.41. The molecular formula is C26H20FN6O8. The molecular weight excluding hydrogens is 543 g/mol. The Bertz CT molecular complexity index is 1780. The van der Waals surface area contributed by atoms with Crippen LogP contribution in [0, 0.1) is 31.3 Å². The third-order valence-corrected chi connectivity index (χ3v) is 6.91. The molecule has 4 aromatic rings. The number of benzene rings is 3. The number of fused-ring (bicyclic) bond motifs is 1. The first-order valence-corrected chi connectivity index (χ1v) is 12.1. The van der Waals surface area contributed by atoms with Crippen molar-refractivity contribution in [3.05, 3.63) is 125 Å². The summed E-state index contributed by atoms with van der Waals surface area (Å²) in [6.45, 7) is -1.49. The van der Waals surface area contributed by atoms with Gasteiger partial charge in [0.15, 0.2) is 0 Å². The Labute approximate surface area is 229 Å². The van der Waals surface area contributed by atoms with Gasteiger partial charge >= 0.3 is 0 Å². The average molecular weight is 563 g/mol. The van der Waals surface area contributed by atoms with Gasteiger partial charge in [-0.05, 0) is 29.8 Å². The molecule has 15 heteroatoms. The number of aromatic nitrogens is 2. The van der Waals surface area contributed by atoms with Crippen molar-refractivity contribution in [2.24, 2.45) is 0 Å². The van der Waals surface area contributed by atoms with Crippen LogP contribution >= 0.6 is 0 Å². The van der Waals surface area contributed by atoms with Crippen LogP contribution in [-0.4, -0.2) is 55.6 Å². The summed E-state index contributed by atoms with van der Waals surface area (Å²) in [4.78, 5) is 47.4. The van der Waals surface area contributed by atoms with Gasteiger partial charge in [-0.25, -0.2) is 9.49 Å². The van der Waals surface area contributed by atoms with Crippen molar-refractivity contribution in [3.63, 3.8) is 0 Å². The van der Waals surface area contributed by atoms with Crippen molar-refractivity contribution in [1.82, 2.24) is 20.2 Å². The van der Waals surface area contributed by atoms with Crippen LogP contribution in [0.25, 0.3) is 10.8 Å². The van der Waals surface area contributed by atoms with E-state index < -0.39 is 57.3 Å². The van der Waals surface area contributed by atoms with Crippen LogP contribution in [0.3, 0.4) is 0 Å². The maximum atomic E-state index is 14.9. The largest absolute Gasteiger partial charge is 0.579 e. The molecule has 1 aromatic heterocycles. The number of H-pyrrole nitrogens is 1. The number of piperazine rings is 1. The van der Waals surface area contributed by atoms with Crippen molar-refractivity contribution in [1.29, 1.82) is 0 Å². The number of amides is 1. The van der Waals surface area contributed by atoms with E-state index in [2.05, 4.69) is 10.2 Å². The molecule has 2 heterocycles. The van der Waals surface area contributed by atoms with Crippen molar-refractivity contribution >= 4 is 28.1 Å². The highest BCUT2D eigenvalue weighted by molar-refractivity contribution is 5.95. The standard InChI is InChI=1S/C26H20FN6O8/c27-21-8-5-15(12-22-17-3-1-2-4-18(17)24(34)29-28-22)11-19(21)25(35)30-9-10-31(37)26(36,14-30)20-7-6-16(32(38)39)13-23(20)33(40)41/h1-8,11,13,36H,9-10,12,14H2,(H,29,34). The van der Waals surface area contributed by atoms with E-state index in [1.165, 1.54) is 12.1 Å². The number of carbonyl (C=O) groups excluding carboxylic acids is 1. The van der Waals surface area contributed by atoms with Gasteiger partial charge in [-0.15, -0.1) is 0 Å². The Hall–Kier alpha value is -5.12. The highest BCUT2D eigenvalue weighted by atomic mass is 19.1. The normalized spacial score (nSPS) is 17.5. The molecule has 0 saturated carbocycles. The summed E-state index contributed by atoms with van der Waals surface area (Å²) in [5.41, 5.74) is -4.51. The molecule has 1 unspecified atom stereocenters. The van der Waals surface area contributed by atoms with Crippen LogP contribution in [-0.2, 0) is 12.1 Å². The highest BCUT2D eigenvalue weighted by Crippen LogP contribution is 2.36. The van der Waals surface area contributed by atoms with E-state index in [9.17, 15) is 44.5 Å². The summed E-state index contributed by atoms with van der Waals surface area (Å²) in [5.74, 6) is -1.77. The first-order chi connectivity index (χ1) is 19.5. The summed E-state index contributed by atoms with van der Waals surface area (Å²) < 4.78 is 14.9. The van der Waals surface area contributed by atoms with Gasteiger partial charge in [0.2, 0.25) is 0 Å². The van der Waals surface area contributed by atoms with E-state index in [0.717, 1.165) is 23.1 Å². The topological polar surface area (TPSA) is 202 Å². The number of nitrogens with one attached hydrogen (secondary N) is 1. The number of nitro groups is 2. The molecule has 1 fully saturated rings. The molecule has 3 aromatic carbocycles. The minimum Gasteiger partial charge on any atom is -0.579 e. The van der Waals surface area contributed by atoms with E-state index in [4.69, 9.17) is 0 Å². The number of hydroxylamine groups is 2. The molecule has 1 aliphatic heterocycles. The van der Waals surface area contributed by atoms with Gasteiger partial charge in [0.25, 0.3) is 28.6 Å². The SMILES string of the molecule is O=C(c1cc(Cc2n[nH]c(=O)c3ccccc23)ccc1F)N1CC[N+]([O-])C(O)(c2ccc([N+](=O)[O-])cc2[N+](=O)[O-])C1. The second kappa shape index (κ2) is 10.5. The van der Waals surface area contributed by atoms with Crippen molar-refractivity contribution < 1.29 is 24.1 Å². The maximum Gasteiger partial charge on any atom is 0.296 e. The molecule has 41 heavy (non-hydrogen) atoms. The molecule has 1 amide bonds. The molecule has 14 nitrogen and oxygen atoms in total. The number of carbonyl (C=O) groups is 1. The number of hydrogen-bond donors (Lipinski definition) is 2. The molecule has 1 aliphatic rings. The van der Waals surface area contributed by atoms with E-state index in [-0.39, 0.29) is 29.2 Å². The zero-order valence-corrected chi connectivity index (χ0v) is 21.0. The smallest absolute Gasteiger partial charge is 0.296 e. The van der Waals surface area contributed by atoms with E-state index >= 15 is 0 Å². The Morgan fingerprint density at radius 2 is 1.83 bits per heavy atom. The van der Waals surface area contributed by atoms with Crippen molar-refractivity contribution in [3.8, 4) is 0 Å². The fraction of sp³-hybridized carbons (Fsp3) is 0.192. The van der Waals surface area contributed by atoms with Gasteiger partial charge in [-0.3, -0.25) is 29.8 Å². The summed E-state index contributed by atoms with van der Waals surface area (Å²) in [7, 11) is 0. The number of halogens is 1. The molecule has 1 radical (unpaired) electrons. The first kappa shape index (κ1) is 27.4. The second-order valence-corrected chi connectivity index (χ2v) is 9.40. The number of rotatable bonds is 6. The van der Waals surface area contributed by atoms with Crippen LogP contribution in [0.15, 0.2) is 65.5 Å². The van der Waals surface area contributed by atoms with E-state index in [1.807, 2.05) is 0 Å². The fourth-order valence-electron chi connectivity index (χ4n) is 4.85. The average Bonchev–Trinajstić information content (AvgIpc) is 2.96. The summed E-state index contributed by atoms with van der Waals surface area (Å²) in [6, 6.07) is 13.0. The monoisotopic (exact) mass is 563 g/mol. The number of aromatic amines is 1. The third-order valence-electron chi connectivity index (χ3n) is 6.91. The Morgan fingerprint density at radius 3 is 2.54 bits per heavy atom. The minimum atomic E-state index is -2.64. The number of nitrogens with zero attached hydrogens (tertiary/aromatic N) is 5. The number of nitro benzene ring substituents is 2. The summed E-state index contributed by atoms with van der Waals surface area (Å²) >= 11 is 0. The second-order valence-electron chi connectivity index (χ2n) is 9.40.